The van der Waals surface area contributed by atoms with Gasteiger partial charge in [-0.3, -0.25) is 9.36 Å². The summed E-state index contributed by atoms with van der Waals surface area (Å²) in [5, 5.41) is 11.3. The van der Waals surface area contributed by atoms with Gasteiger partial charge in [0.25, 0.3) is 5.56 Å². The van der Waals surface area contributed by atoms with Crippen molar-refractivity contribution >= 4 is 38.2 Å². The SMILES string of the molecule is CS(=O)(=O)c1ccc(Cn2c(C(=O)O)c(-c3ccccc3)c3cc(Cl)ccc3c2=O)cc1. The molecule has 0 radical (unpaired) electrons. The molecule has 1 N–H and O–H groups in total. The van der Waals surface area contributed by atoms with E-state index in [-0.39, 0.29) is 17.1 Å². The molecule has 0 unspecified atom stereocenters. The summed E-state index contributed by atoms with van der Waals surface area (Å²) < 4.78 is 24.7. The van der Waals surface area contributed by atoms with Crippen molar-refractivity contribution in [1.82, 2.24) is 4.57 Å². The minimum absolute atomic E-state index is 0.0388. The molecule has 6 nitrogen and oxygen atoms in total. The third-order valence-corrected chi connectivity index (χ3v) is 6.55. The molecule has 1 aromatic heterocycles. The Morgan fingerprint density at radius 3 is 2.22 bits per heavy atom. The summed E-state index contributed by atoms with van der Waals surface area (Å²) in [5.74, 6) is -1.25. The highest BCUT2D eigenvalue weighted by molar-refractivity contribution is 7.90. The van der Waals surface area contributed by atoms with Gasteiger partial charge in [0.1, 0.15) is 5.69 Å². The average molecular weight is 468 g/mol. The van der Waals surface area contributed by atoms with Crippen LogP contribution in [0.1, 0.15) is 16.1 Å². The van der Waals surface area contributed by atoms with Crippen molar-refractivity contribution in [2.24, 2.45) is 0 Å². The normalized spacial score (nSPS) is 11.6. The van der Waals surface area contributed by atoms with Crippen LogP contribution < -0.4 is 5.56 Å². The highest BCUT2D eigenvalue weighted by atomic mass is 35.5. The van der Waals surface area contributed by atoms with Crippen molar-refractivity contribution in [2.75, 3.05) is 6.26 Å². The van der Waals surface area contributed by atoms with E-state index in [1.807, 2.05) is 6.07 Å². The van der Waals surface area contributed by atoms with E-state index in [9.17, 15) is 23.1 Å². The molecule has 4 aromatic rings. The number of benzene rings is 3. The van der Waals surface area contributed by atoms with E-state index in [1.54, 1.807) is 54.6 Å². The van der Waals surface area contributed by atoms with Crippen LogP contribution in [0.3, 0.4) is 0 Å². The Morgan fingerprint density at radius 2 is 1.62 bits per heavy atom. The lowest BCUT2D eigenvalue weighted by atomic mass is 9.96. The van der Waals surface area contributed by atoms with Gasteiger partial charge in [-0.15, -0.1) is 0 Å². The van der Waals surface area contributed by atoms with E-state index in [2.05, 4.69) is 0 Å². The fourth-order valence-electron chi connectivity index (χ4n) is 3.71. The zero-order chi connectivity index (χ0) is 23.0. The minimum Gasteiger partial charge on any atom is -0.477 e. The van der Waals surface area contributed by atoms with Crippen molar-refractivity contribution in [3.05, 3.63) is 99.4 Å². The van der Waals surface area contributed by atoms with Crippen molar-refractivity contribution in [1.29, 1.82) is 0 Å². The number of halogens is 1. The number of carboxylic acid groups (broad SMARTS) is 1. The number of rotatable bonds is 5. The third kappa shape index (κ3) is 4.04. The highest BCUT2D eigenvalue weighted by Gasteiger charge is 2.23. The van der Waals surface area contributed by atoms with Gasteiger partial charge in [-0.25, -0.2) is 13.2 Å². The second kappa shape index (κ2) is 8.26. The van der Waals surface area contributed by atoms with Crippen molar-refractivity contribution in [3.8, 4) is 11.1 Å². The van der Waals surface area contributed by atoms with Crippen LogP contribution in [0, 0.1) is 0 Å². The number of nitrogens with zero attached hydrogens (tertiary/aromatic N) is 1. The molecule has 0 bridgehead atoms. The topological polar surface area (TPSA) is 93.4 Å². The Labute approximate surface area is 189 Å². The van der Waals surface area contributed by atoms with Gasteiger partial charge in [-0.2, -0.15) is 0 Å². The molecule has 0 aliphatic rings. The molecule has 8 heteroatoms. The molecule has 0 fully saturated rings. The molecule has 4 rings (SSSR count). The number of carbonyl (C=O) groups is 1. The summed E-state index contributed by atoms with van der Waals surface area (Å²) >= 11 is 6.18. The monoisotopic (exact) mass is 467 g/mol. The van der Waals surface area contributed by atoms with Crippen LogP contribution in [0.25, 0.3) is 21.9 Å². The molecule has 1 heterocycles. The number of sulfone groups is 1. The first-order valence-electron chi connectivity index (χ1n) is 9.60. The quantitative estimate of drug-likeness (QED) is 0.467. The summed E-state index contributed by atoms with van der Waals surface area (Å²) in [4.78, 5) is 25.9. The zero-order valence-corrected chi connectivity index (χ0v) is 18.5. The van der Waals surface area contributed by atoms with Crippen molar-refractivity contribution in [3.63, 3.8) is 0 Å². The van der Waals surface area contributed by atoms with Gasteiger partial charge < -0.3 is 5.11 Å². The van der Waals surface area contributed by atoms with Gasteiger partial charge in [0.2, 0.25) is 0 Å². The molecule has 0 atom stereocenters. The van der Waals surface area contributed by atoms with E-state index in [4.69, 9.17) is 11.6 Å². The van der Waals surface area contributed by atoms with Crippen LogP contribution >= 0.6 is 11.6 Å². The summed E-state index contributed by atoms with van der Waals surface area (Å²) in [6.45, 7) is -0.0388. The van der Waals surface area contributed by atoms with Crippen LogP contribution in [0.2, 0.25) is 5.02 Å². The van der Waals surface area contributed by atoms with Crippen LogP contribution in [0.5, 0.6) is 0 Å². The second-order valence-corrected chi connectivity index (χ2v) is 9.84. The third-order valence-electron chi connectivity index (χ3n) is 5.19. The van der Waals surface area contributed by atoms with Crippen molar-refractivity contribution in [2.45, 2.75) is 11.4 Å². The summed E-state index contributed by atoms with van der Waals surface area (Å²) in [7, 11) is -3.37. The number of hydrogen-bond donors (Lipinski definition) is 1. The van der Waals surface area contributed by atoms with Crippen LogP contribution in [0.15, 0.2) is 82.5 Å². The molecular weight excluding hydrogens is 450 g/mol. The minimum atomic E-state index is -3.37. The van der Waals surface area contributed by atoms with E-state index < -0.39 is 21.4 Å². The Morgan fingerprint density at radius 1 is 0.969 bits per heavy atom. The summed E-state index contributed by atoms with van der Waals surface area (Å²) in [6, 6.07) is 19.7. The number of aromatic nitrogens is 1. The van der Waals surface area contributed by atoms with Crippen LogP contribution in [0.4, 0.5) is 0 Å². The number of fused-ring (bicyclic) bond motifs is 1. The molecule has 32 heavy (non-hydrogen) atoms. The maximum absolute atomic E-state index is 13.3. The fraction of sp³-hybridized carbons (Fsp3) is 0.0833. The molecule has 0 spiro atoms. The Kier molecular flexibility index (Phi) is 5.62. The van der Waals surface area contributed by atoms with Crippen LogP contribution in [-0.2, 0) is 16.4 Å². The fourth-order valence-corrected chi connectivity index (χ4v) is 4.52. The van der Waals surface area contributed by atoms with Crippen molar-refractivity contribution < 1.29 is 18.3 Å². The van der Waals surface area contributed by atoms with Crippen LogP contribution in [-0.4, -0.2) is 30.3 Å². The van der Waals surface area contributed by atoms with E-state index in [1.165, 1.54) is 16.7 Å². The second-order valence-electron chi connectivity index (χ2n) is 7.39. The standard InChI is InChI=1S/C24H18ClNO5S/c1-32(30,31)18-10-7-15(8-11-18)14-26-22(24(28)29)21(16-5-3-2-4-6-16)20-13-17(25)9-12-19(20)23(26)27/h2-13H,14H2,1H3,(H,28,29). The number of hydrogen-bond acceptors (Lipinski definition) is 4. The van der Waals surface area contributed by atoms with Gasteiger partial charge in [-0.05, 0) is 46.8 Å². The Bertz CT molecular complexity index is 1510. The lowest BCUT2D eigenvalue weighted by Gasteiger charge is -2.18. The van der Waals surface area contributed by atoms with E-state index in [0.717, 1.165) is 6.26 Å². The number of aromatic carboxylic acids is 1. The maximum atomic E-state index is 13.3. The number of pyridine rings is 1. The number of carboxylic acids is 1. The van der Waals surface area contributed by atoms with Gasteiger partial charge in [0.15, 0.2) is 9.84 Å². The molecule has 0 amide bonds. The molecule has 0 saturated carbocycles. The Hall–Kier alpha value is -3.42. The lowest BCUT2D eigenvalue weighted by molar-refractivity contribution is 0.0685. The van der Waals surface area contributed by atoms with Gasteiger partial charge in [0.05, 0.1) is 11.4 Å². The maximum Gasteiger partial charge on any atom is 0.353 e. The van der Waals surface area contributed by atoms with Gasteiger partial charge in [0, 0.05) is 22.2 Å². The smallest absolute Gasteiger partial charge is 0.353 e. The first-order chi connectivity index (χ1) is 15.2. The molecular formula is C24H18ClNO5S. The molecule has 0 saturated heterocycles. The van der Waals surface area contributed by atoms with E-state index in [0.29, 0.717) is 32.5 Å². The van der Waals surface area contributed by atoms with E-state index >= 15 is 0 Å². The van der Waals surface area contributed by atoms with Gasteiger partial charge >= 0.3 is 5.97 Å². The lowest BCUT2D eigenvalue weighted by Crippen LogP contribution is -2.28. The zero-order valence-electron chi connectivity index (χ0n) is 16.9. The first kappa shape index (κ1) is 21.8. The average Bonchev–Trinajstić information content (AvgIpc) is 2.75. The predicted octanol–water partition coefficient (Wildman–Crippen LogP) is 4.47. The summed E-state index contributed by atoms with van der Waals surface area (Å²) in [6.07, 6.45) is 1.11. The largest absolute Gasteiger partial charge is 0.477 e. The molecule has 0 aliphatic heterocycles. The molecule has 0 aliphatic carbocycles. The Balaban J connectivity index is 2.02. The molecule has 3 aromatic carbocycles. The first-order valence-corrected chi connectivity index (χ1v) is 11.9. The predicted molar refractivity (Wildman–Crippen MR) is 124 cm³/mol. The van der Waals surface area contributed by atoms with Gasteiger partial charge in [-0.1, -0.05) is 54.1 Å². The molecule has 162 valence electrons. The highest BCUT2D eigenvalue weighted by Crippen LogP contribution is 2.32. The summed E-state index contributed by atoms with van der Waals surface area (Å²) in [5.41, 5.74) is 0.986.